The second-order valence-electron chi connectivity index (χ2n) is 4.86. The Kier molecular flexibility index (Phi) is 2.44. The smallest absolute Gasteiger partial charge is 0.125 e. The van der Waals surface area contributed by atoms with Gasteiger partial charge in [-0.2, -0.15) is 0 Å². The van der Waals surface area contributed by atoms with E-state index in [2.05, 4.69) is 15.2 Å². The molecule has 86 valence electrons. The number of anilines is 2. The molecule has 0 amide bonds. The van der Waals surface area contributed by atoms with Crippen LogP contribution in [0.2, 0.25) is 0 Å². The first-order chi connectivity index (χ1) is 7.81. The van der Waals surface area contributed by atoms with E-state index >= 15 is 0 Å². The lowest BCUT2D eigenvalue weighted by Crippen LogP contribution is -2.53. The second kappa shape index (κ2) is 3.94. The topological polar surface area (TPSA) is 54.2 Å². The van der Waals surface area contributed by atoms with Crippen LogP contribution in [-0.2, 0) is 0 Å². The molecule has 16 heavy (non-hydrogen) atoms. The number of nitrogens with zero attached hydrogens (tertiary/aromatic N) is 2. The van der Waals surface area contributed by atoms with Crippen molar-refractivity contribution in [2.75, 3.05) is 30.7 Å². The number of hydrogen-bond acceptors (Lipinski definition) is 4. The van der Waals surface area contributed by atoms with Gasteiger partial charge in [0.25, 0.3) is 0 Å². The van der Waals surface area contributed by atoms with E-state index in [0.29, 0.717) is 11.9 Å². The van der Waals surface area contributed by atoms with Crippen LogP contribution in [0.5, 0.6) is 0 Å². The summed E-state index contributed by atoms with van der Waals surface area (Å²) < 4.78 is 0. The van der Waals surface area contributed by atoms with Crippen molar-refractivity contribution in [2.24, 2.45) is 5.92 Å². The molecule has 3 fully saturated rings. The van der Waals surface area contributed by atoms with E-state index in [0.717, 1.165) is 11.6 Å². The van der Waals surface area contributed by atoms with Crippen LogP contribution in [0, 0.1) is 5.92 Å². The zero-order valence-electron chi connectivity index (χ0n) is 9.39. The first-order valence-electron chi connectivity index (χ1n) is 6.02. The summed E-state index contributed by atoms with van der Waals surface area (Å²) in [6.07, 6.45) is 4.43. The van der Waals surface area contributed by atoms with E-state index in [9.17, 15) is 0 Å². The van der Waals surface area contributed by atoms with Crippen molar-refractivity contribution >= 4 is 11.5 Å². The maximum Gasteiger partial charge on any atom is 0.125 e. The average Bonchev–Trinajstić information content (AvgIpc) is 2.30. The highest BCUT2D eigenvalue weighted by molar-refractivity contribution is 5.50. The fourth-order valence-corrected chi connectivity index (χ4v) is 2.88. The first kappa shape index (κ1) is 9.90. The van der Waals surface area contributed by atoms with Crippen LogP contribution < -0.4 is 11.1 Å². The molecule has 3 aliphatic rings. The van der Waals surface area contributed by atoms with Gasteiger partial charge < -0.3 is 16.0 Å². The van der Waals surface area contributed by atoms with Gasteiger partial charge in [-0.25, -0.2) is 4.98 Å². The molecule has 2 bridgehead atoms. The maximum atomic E-state index is 5.68. The van der Waals surface area contributed by atoms with Crippen LogP contribution in [0.15, 0.2) is 18.3 Å². The number of pyridine rings is 1. The molecule has 4 rings (SSSR count). The van der Waals surface area contributed by atoms with Crippen LogP contribution >= 0.6 is 0 Å². The monoisotopic (exact) mass is 218 g/mol. The summed E-state index contributed by atoms with van der Waals surface area (Å²) in [7, 11) is 0. The van der Waals surface area contributed by atoms with Gasteiger partial charge in [0.1, 0.15) is 5.82 Å². The quantitative estimate of drug-likeness (QED) is 0.782. The van der Waals surface area contributed by atoms with Crippen molar-refractivity contribution in [3.05, 3.63) is 18.3 Å². The zero-order chi connectivity index (χ0) is 11.0. The average molecular weight is 218 g/mol. The van der Waals surface area contributed by atoms with Gasteiger partial charge in [0.05, 0.1) is 0 Å². The van der Waals surface area contributed by atoms with E-state index in [1.165, 1.54) is 32.5 Å². The van der Waals surface area contributed by atoms with Crippen LogP contribution in [-0.4, -0.2) is 35.6 Å². The highest BCUT2D eigenvalue weighted by Gasteiger charge is 2.33. The van der Waals surface area contributed by atoms with Crippen LogP contribution in [0.25, 0.3) is 0 Å². The Labute approximate surface area is 95.8 Å². The molecule has 0 aliphatic carbocycles. The number of nitrogens with two attached hydrogens (primary N) is 1. The standard InChI is InChI=1S/C12H18N4/c13-12-7-10(1-4-14-12)15-11-8-16-5-2-9(11)3-6-16/h1,4,7,9,11H,2-3,5-6,8H2,(H3,13,14,15). The van der Waals surface area contributed by atoms with Crippen molar-refractivity contribution in [3.8, 4) is 0 Å². The lowest BCUT2D eigenvalue weighted by Gasteiger charge is -2.45. The van der Waals surface area contributed by atoms with Gasteiger partial charge in [0.2, 0.25) is 0 Å². The van der Waals surface area contributed by atoms with Gasteiger partial charge in [0.15, 0.2) is 0 Å². The predicted octanol–water partition coefficient (Wildman–Crippen LogP) is 1.17. The van der Waals surface area contributed by atoms with Crippen LogP contribution in [0.1, 0.15) is 12.8 Å². The van der Waals surface area contributed by atoms with E-state index < -0.39 is 0 Å². The summed E-state index contributed by atoms with van der Waals surface area (Å²) in [4.78, 5) is 6.55. The normalized spacial score (nSPS) is 32.6. The van der Waals surface area contributed by atoms with Crippen LogP contribution in [0.3, 0.4) is 0 Å². The lowest BCUT2D eigenvalue weighted by molar-refractivity contribution is 0.0975. The third-order valence-corrected chi connectivity index (χ3v) is 3.79. The SMILES string of the molecule is Nc1cc(NC2CN3CCC2CC3)ccn1. The van der Waals surface area contributed by atoms with E-state index in [1.54, 1.807) is 6.20 Å². The summed E-state index contributed by atoms with van der Waals surface area (Å²) in [5.74, 6) is 1.42. The summed E-state index contributed by atoms with van der Waals surface area (Å²) in [5.41, 5.74) is 6.78. The minimum atomic E-state index is 0.587. The fourth-order valence-electron chi connectivity index (χ4n) is 2.88. The minimum Gasteiger partial charge on any atom is -0.384 e. The van der Waals surface area contributed by atoms with Crippen molar-refractivity contribution in [2.45, 2.75) is 18.9 Å². The Hall–Kier alpha value is -1.29. The summed E-state index contributed by atoms with van der Waals surface area (Å²) >= 11 is 0. The molecule has 0 saturated carbocycles. The number of aromatic nitrogens is 1. The first-order valence-corrected chi connectivity index (χ1v) is 6.02. The Morgan fingerprint density at radius 1 is 1.38 bits per heavy atom. The summed E-state index contributed by atoms with van der Waals surface area (Å²) in [5, 5.41) is 3.59. The van der Waals surface area contributed by atoms with Gasteiger partial charge in [-0.05, 0) is 37.9 Å². The molecule has 3 N–H and O–H groups in total. The van der Waals surface area contributed by atoms with Crippen LogP contribution in [0.4, 0.5) is 11.5 Å². The van der Waals surface area contributed by atoms with Gasteiger partial charge in [0, 0.05) is 30.5 Å². The molecule has 3 aliphatic heterocycles. The fraction of sp³-hybridized carbons (Fsp3) is 0.583. The second-order valence-corrected chi connectivity index (χ2v) is 4.86. The predicted molar refractivity (Wildman–Crippen MR) is 65.2 cm³/mol. The number of nitrogen functional groups attached to an aromatic ring is 1. The Morgan fingerprint density at radius 3 is 2.81 bits per heavy atom. The molecule has 4 heterocycles. The number of hydrogen-bond donors (Lipinski definition) is 2. The molecule has 0 aromatic carbocycles. The molecule has 1 aromatic rings. The molecule has 4 heteroatoms. The highest BCUT2D eigenvalue weighted by atomic mass is 15.2. The van der Waals surface area contributed by atoms with Crippen molar-refractivity contribution in [1.82, 2.24) is 9.88 Å². The van der Waals surface area contributed by atoms with E-state index in [4.69, 9.17) is 5.73 Å². The van der Waals surface area contributed by atoms with Crippen molar-refractivity contribution in [3.63, 3.8) is 0 Å². The molecule has 0 spiro atoms. The molecular formula is C12H18N4. The number of nitrogens with one attached hydrogen (secondary N) is 1. The van der Waals surface area contributed by atoms with Crippen molar-refractivity contribution < 1.29 is 0 Å². The van der Waals surface area contributed by atoms with Gasteiger partial charge in [-0.3, -0.25) is 0 Å². The van der Waals surface area contributed by atoms with Gasteiger partial charge in [-0.1, -0.05) is 0 Å². The molecule has 1 atom stereocenters. The Balaban J connectivity index is 1.71. The number of piperidine rings is 3. The summed E-state index contributed by atoms with van der Waals surface area (Å²) in [6.45, 7) is 3.73. The zero-order valence-corrected chi connectivity index (χ0v) is 9.39. The van der Waals surface area contributed by atoms with E-state index in [1.807, 2.05) is 12.1 Å². The highest BCUT2D eigenvalue weighted by Crippen LogP contribution is 2.29. The number of rotatable bonds is 2. The van der Waals surface area contributed by atoms with Crippen molar-refractivity contribution in [1.29, 1.82) is 0 Å². The third kappa shape index (κ3) is 1.85. The Bertz CT molecular complexity index is 371. The molecule has 3 saturated heterocycles. The summed E-state index contributed by atoms with van der Waals surface area (Å²) in [6, 6.07) is 4.50. The maximum absolute atomic E-state index is 5.68. The molecule has 0 radical (unpaired) electrons. The van der Waals surface area contributed by atoms with Gasteiger partial charge in [-0.15, -0.1) is 0 Å². The molecule has 4 nitrogen and oxygen atoms in total. The largest absolute Gasteiger partial charge is 0.384 e. The minimum absolute atomic E-state index is 0.587. The third-order valence-electron chi connectivity index (χ3n) is 3.79. The van der Waals surface area contributed by atoms with E-state index in [-0.39, 0.29) is 0 Å². The molecule has 1 unspecified atom stereocenters. The van der Waals surface area contributed by atoms with Gasteiger partial charge >= 0.3 is 0 Å². The molecular weight excluding hydrogens is 200 g/mol. The Morgan fingerprint density at radius 2 is 2.19 bits per heavy atom. The molecule has 1 aromatic heterocycles. The lowest BCUT2D eigenvalue weighted by atomic mass is 9.84. The number of fused-ring (bicyclic) bond motifs is 3.